The third-order valence-corrected chi connectivity index (χ3v) is 4.42. The van der Waals surface area contributed by atoms with E-state index in [1.165, 1.54) is 24.8 Å². The molecule has 0 spiro atoms. The molecule has 3 unspecified atom stereocenters. The number of benzene rings is 1. The smallest absolute Gasteiger partial charge is 0.0900 e. The van der Waals surface area contributed by atoms with Crippen LogP contribution >= 0.6 is 0 Å². The first kappa shape index (κ1) is 16.5. The Morgan fingerprint density at radius 2 is 2.05 bits per heavy atom. The number of nitrogens with zero attached hydrogens (tertiary/aromatic N) is 1. The molecule has 3 atom stereocenters. The van der Waals surface area contributed by atoms with Crippen LogP contribution in [-0.4, -0.2) is 41.8 Å². The summed E-state index contributed by atoms with van der Waals surface area (Å²) in [6.45, 7) is 6.62. The lowest BCUT2D eigenvalue weighted by Gasteiger charge is -2.34. The molecule has 0 aromatic heterocycles. The Hall–Kier alpha value is -0.900. The predicted molar refractivity (Wildman–Crippen MR) is 86.3 cm³/mol. The van der Waals surface area contributed by atoms with Crippen LogP contribution in [0.5, 0.6) is 0 Å². The molecule has 3 nitrogen and oxygen atoms in total. The summed E-state index contributed by atoms with van der Waals surface area (Å²) in [5.74, 6) is 0. The molecule has 0 radical (unpaired) electrons. The van der Waals surface area contributed by atoms with E-state index in [4.69, 9.17) is 4.74 Å². The Bertz CT molecular complexity index is 395. The molecule has 1 fully saturated rings. The van der Waals surface area contributed by atoms with Crippen molar-refractivity contribution in [3.8, 4) is 0 Å². The van der Waals surface area contributed by atoms with Gasteiger partial charge in [0.15, 0.2) is 0 Å². The maximum atomic E-state index is 10.2. The van der Waals surface area contributed by atoms with Gasteiger partial charge in [0.2, 0.25) is 0 Å². The molecule has 21 heavy (non-hydrogen) atoms. The van der Waals surface area contributed by atoms with Gasteiger partial charge in [0.25, 0.3) is 0 Å². The highest BCUT2D eigenvalue weighted by Gasteiger charge is 2.21. The van der Waals surface area contributed by atoms with Gasteiger partial charge in [0, 0.05) is 12.6 Å². The normalized spacial score (nSPS) is 22.9. The number of rotatable bonds is 7. The highest BCUT2D eigenvalue weighted by Crippen LogP contribution is 2.21. The molecule has 1 heterocycles. The lowest BCUT2D eigenvalue weighted by molar-refractivity contribution is -0.0303. The molecule has 3 heteroatoms. The summed E-state index contributed by atoms with van der Waals surface area (Å²) in [5.41, 5.74) is 1.19. The number of hydrogen-bond donors (Lipinski definition) is 1. The Morgan fingerprint density at radius 1 is 1.29 bits per heavy atom. The van der Waals surface area contributed by atoms with Gasteiger partial charge in [0.1, 0.15) is 0 Å². The largest absolute Gasteiger partial charge is 0.389 e. The quantitative estimate of drug-likeness (QED) is 0.836. The second-order valence-corrected chi connectivity index (χ2v) is 6.13. The summed E-state index contributed by atoms with van der Waals surface area (Å²) in [6.07, 6.45) is 4.42. The summed E-state index contributed by atoms with van der Waals surface area (Å²) in [5, 5.41) is 10.2. The van der Waals surface area contributed by atoms with Gasteiger partial charge < -0.3 is 9.84 Å². The van der Waals surface area contributed by atoms with Gasteiger partial charge in [-0.1, -0.05) is 43.7 Å². The SMILES string of the molecule is CCC(OCC(O)CN1CCCCC1C)c1ccccc1. The molecule has 1 aliphatic rings. The van der Waals surface area contributed by atoms with E-state index >= 15 is 0 Å². The molecule has 0 amide bonds. The first-order valence-corrected chi connectivity index (χ1v) is 8.29. The Morgan fingerprint density at radius 3 is 2.71 bits per heavy atom. The van der Waals surface area contributed by atoms with Crippen LogP contribution in [0.25, 0.3) is 0 Å². The van der Waals surface area contributed by atoms with Crippen LogP contribution in [0, 0.1) is 0 Å². The molecule has 1 N–H and O–H groups in total. The Balaban J connectivity index is 1.78. The second kappa shape index (κ2) is 8.52. The summed E-state index contributed by atoms with van der Waals surface area (Å²) in [6, 6.07) is 10.9. The highest BCUT2D eigenvalue weighted by molar-refractivity contribution is 5.17. The van der Waals surface area contributed by atoms with Crippen LogP contribution in [-0.2, 0) is 4.74 Å². The van der Waals surface area contributed by atoms with Crippen LogP contribution in [0.3, 0.4) is 0 Å². The third kappa shape index (κ3) is 5.10. The maximum Gasteiger partial charge on any atom is 0.0900 e. The number of β-amino-alcohol motifs (C(OH)–C–C–N with tert-alkyl or cyclic N) is 1. The van der Waals surface area contributed by atoms with Gasteiger partial charge >= 0.3 is 0 Å². The Labute approximate surface area is 128 Å². The zero-order valence-electron chi connectivity index (χ0n) is 13.4. The molecule has 1 aromatic rings. The standard InChI is InChI=1S/C18H29NO2/c1-3-18(16-10-5-4-6-11-16)21-14-17(20)13-19-12-8-7-9-15(19)2/h4-6,10-11,15,17-18,20H,3,7-9,12-14H2,1-2H3. The predicted octanol–water partition coefficient (Wildman–Crippen LogP) is 3.39. The van der Waals surface area contributed by atoms with Crippen molar-refractivity contribution in [2.24, 2.45) is 0 Å². The molecular weight excluding hydrogens is 262 g/mol. The van der Waals surface area contributed by atoms with Crippen molar-refractivity contribution >= 4 is 0 Å². The average Bonchev–Trinajstić information content (AvgIpc) is 2.51. The fourth-order valence-electron chi connectivity index (χ4n) is 3.10. The number of hydrogen-bond acceptors (Lipinski definition) is 3. The van der Waals surface area contributed by atoms with E-state index in [1.54, 1.807) is 0 Å². The topological polar surface area (TPSA) is 32.7 Å². The number of likely N-dealkylation sites (tertiary alicyclic amines) is 1. The Kier molecular flexibility index (Phi) is 6.68. The van der Waals surface area contributed by atoms with E-state index in [-0.39, 0.29) is 6.10 Å². The summed E-state index contributed by atoms with van der Waals surface area (Å²) < 4.78 is 5.94. The number of aliphatic hydroxyl groups excluding tert-OH is 1. The van der Waals surface area contributed by atoms with Crippen LogP contribution in [0.15, 0.2) is 30.3 Å². The van der Waals surface area contributed by atoms with Crippen molar-refractivity contribution in [3.05, 3.63) is 35.9 Å². The van der Waals surface area contributed by atoms with E-state index in [1.807, 2.05) is 18.2 Å². The van der Waals surface area contributed by atoms with E-state index < -0.39 is 6.10 Å². The van der Waals surface area contributed by atoms with E-state index in [9.17, 15) is 5.11 Å². The minimum Gasteiger partial charge on any atom is -0.389 e. The van der Waals surface area contributed by atoms with Crippen LogP contribution < -0.4 is 0 Å². The highest BCUT2D eigenvalue weighted by atomic mass is 16.5. The molecule has 0 aliphatic carbocycles. The molecule has 0 saturated carbocycles. The minimum atomic E-state index is -0.400. The summed E-state index contributed by atoms with van der Waals surface area (Å²) in [4.78, 5) is 2.39. The zero-order chi connectivity index (χ0) is 15.1. The van der Waals surface area contributed by atoms with Crippen molar-refractivity contribution in [1.29, 1.82) is 0 Å². The van der Waals surface area contributed by atoms with Gasteiger partial charge in [-0.05, 0) is 38.3 Å². The fourth-order valence-corrected chi connectivity index (χ4v) is 3.10. The van der Waals surface area contributed by atoms with Crippen LogP contribution in [0.4, 0.5) is 0 Å². The van der Waals surface area contributed by atoms with Crippen molar-refractivity contribution in [1.82, 2.24) is 4.90 Å². The monoisotopic (exact) mass is 291 g/mol. The van der Waals surface area contributed by atoms with Gasteiger partial charge in [-0.15, -0.1) is 0 Å². The van der Waals surface area contributed by atoms with Crippen LogP contribution in [0.2, 0.25) is 0 Å². The molecule has 2 rings (SSSR count). The fraction of sp³-hybridized carbons (Fsp3) is 0.667. The van der Waals surface area contributed by atoms with Gasteiger partial charge in [-0.2, -0.15) is 0 Å². The first-order valence-electron chi connectivity index (χ1n) is 8.29. The van der Waals surface area contributed by atoms with Gasteiger partial charge in [-0.3, -0.25) is 4.90 Å². The average molecular weight is 291 g/mol. The van der Waals surface area contributed by atoms with Gasteiger partial charge in [-0.25, -0.2) is 0 Å². The molecule has 118 valence electrons. The molecule has 1 saturated heterocycles. The lowest BCUT2D eigenvalue weighted by Crippen LogP contribution is -2.43. The molecule has 0 bridgehead atoms. The van der Waals surface area contributed by atoms with E-state index in [2.05, 4.69) is 30.9 Å². The van der Waals surface area contributed by atoms with Crippen molar-refractivity contribution in [2.75, 3.05) is 19.7 Å². The number of ether oxygens (including phenoxy) is 1. The number of piperidine rings is 1. The zero-order valence-corrected chi connectivity index (χ0v) is 13.4. The maximum absolute atomic E-state index is 10.2. The van der Waals surface area contributed by atoms with Crippen molar-refractivity contribution in [3.63, 3.8) is 0 Å². The first-order chi connectivity index (χ1) is 10.2. The second-order valence-electron chi connectivity index (χ2n) is 6.13. The molecule has 1 aromatic carbocycles. The van der Waals surface area contributed by atoms with Crippen LogP contribution in [0.1, 0.15) is 51.2 Å². The van der Waals surface area contributed by atoms with Gasteiger partial charge in [0.05, 0.1) is 18.8 Å². The van der Waals surface area contributed by atoms with E-state index in [0.29, 0.717) is 12.6 Å². The number of aliphatic hydroxyl groups is 1. The molecular formula is C18H29NO2. The van der Waals surface area contributed by atoms with Crippen molar-refractivity contribution in [2.45, 2.75) is 57.8 Å². The summed E-state index contributed by atoms with van der Waals surface area (Å²) >= 11 is 0. The minimum absolute atomic E-state index is 0.0830. The van der Waals surface area contributed by atoms with E-state index in [0.717, 1.165) is 19.5 Å². The van der Waals surface area contributed by atoms with Crippen molar-refractivity contribution < 1.29 is 9.84 Å². The third-order valence-electron chi connectivity index (χ3n) is 4.42. The molecule has 1 aliphatic heterocycles. The summed E-state index contributed by atoms with van der Waals surface area (Å²) in [7, 11) is 0. The lowest BCUT2D eigenvalue weighted by atomic mass is 10.0.